The topological polar surface area (TPSA) is 52.6 Å². The summed E-state index contributed by atoms with van der Waals surface area (Å²) in [6, 6.07) is 0. The van der Waals surface area contributed by atoms with Crippen molar-refractivity contribution >= 4 is 35.1 Å². The summed E-state index contributed by atoms with van der Waals surface area (Å²) < 4.78 is 9.83. The Morgan fingerprint density at radius 2 is 1.53 bits per heavy atom. The largest absolute Gasteiger partial charge is 0.465 e. The molecule has 100 valence electrons. The summed E-state index contributed by atoms with van der Waals surface area (Å²) in [5.74, 6) is -1.19. The van der Waals surface area contributed by atoms with E-state index in [2.05, 4.69) is 0 Å². The predicted molar refractivity (Wildman–Crippen MR) is 66.1 cm³/mol. The quantitative estimate of drug-likeness (QED) is 0.410. The molecule has 0 heterocycles. The number of esters is 2. The molecule has 0 bridgehead atoms. The standard InChI is InChI=1S/C11H18Cl2O4/c1-4-11(5-2,9(14)16-6-3)10(15)17-7-8(12)13/h8H,4-7H2,1-3H3. The van der Waals surface area contributed by atoms with Crippen LogP contribution in [0, 0.1) is 5.41 Å². The molecule has 0 aromatic carbocycles. The van der Waals surface area contributed by atoms with Gasteiger partial charge in [0.25, 0.3) is 0 Å². The van der Waals surface area contributed by atoms with E-state index in [4.69, 9.17) is 32.7 Å². The first kappa shape index (κ1) is 16.5. The first-order valence-corrected chi connectivity index (χ1v) is 6.44. The van der Waals surface area contributed by atoms with Crippen LogP contribution >= 0.6 is 23.2 Å². The smallest absolute Gasteiger partial charge is 0.323 e. The number of hydrogen-bond acceptors (Lipinski definition) is 4. The van der Waals surface area contributed by atoms with Crippen LogP contribution in [0.1, 0.15) is 33.6 Å². The molecule has 0 saturated carbocycles. The molecule has 0 rings (SSSR count). The number of carbonyl (C=O) groups excluding carboxylic acids is 2. The van der Waals surface area contributed by atoms with Crippen LogP contribution in [0.15, 0.2) is 0 Å². The van der Waals surface area contributed by atoms with E-state index in [-0.39, 0.29) is 13.2 Å². The fraction of sp³-hybridized carbons (Fsp3) is 0.818. The van der Waals surface area contributed by atoms with Crippen molar-refractivity contribution in [2.24, 2.45) is 5.41 Å². The number of hydrogen-bond donors (Lipinski definition) is 0. The molecule has 0 fully saturated rings. The second-order valence-corrected chi connectivity index (χ2v) is 4.78. The van der Waals surface area contributed by atoms with Gasteiger partial charge in [0.15, 0.2) is 5.41 Å². The van der Waals surface area contributed by atoms with Crippen molar-refractivity contribution < 1.29 is 19.1 Å². The van der Waals surface area contributed by atoms with Crippen LogP contribution in [0.2, 0.25) is 0 Å². The average Bonchev–Trinajstić information content (AvgIpc) is 2.29. The molecule has 4 nitrogen and oxygen atoms in total. The predicted octanol–water partition coefficient (Wildman–Crippen LogP) is 2.70. The zero-order valence-corrected chi connectivity index (χ0v) is 11.8. The van der Waals surface area contributed by atoms with Crippen LogP contribution in [0.3, 0.4) is 0 Å². The van der Waals surface area contributed by atoms with Gasteiger partial charge in [0.2, 0.25) is 0 Å². The molecule has 0 aliphatic carbocycles. The Balaban J connectivity index is 4.80. The number of alkyl halides is 2. The first-order chi connectivity index (χ1) is 7.94. The van der Waals surface area contributed by atoms with Gasteiger partial charge in [0.1, 0.15) is 11.4 Å². The molecule has 0 unspecified atom stereocenters. The van der Waals surface area contributed by atoms with Gasteiger partial charge in [-0.1, -0.05) is 13.8 Å². The fourth-order valence-electron chi connectivity index (χ4n) is 1.46. The molecule has 0 amide bonds. The van der Waals surface area contributed by atoms with Gasteiger partial charge in [-0.2, -0.15) is 0 Å². The van der Waals surface area contributed by atoms with Crippen LogP contribution in [-0.4, -0.2) is 30.0 Å². The Hall–Kier alpha value is -0.480. The maximum atomic E-state index is 11.9. The van der Waals surface area contributed by atoms with Crippen molar-refractivity contribution in [2.45, 2.75) is 38.4 Å². The lowest BCUT2D eigenvalue weighted by Crippen LogP contribution is -2.41. The first-order valence-electron chi connectivity index (χ1n) is 5.57. The summed E-state index contributed by atoms with van der Waals surface area (Å²) in [5, 5.41) is 0. The Kier molecular flexibility index (Phi) is 7.55. The molecule has 0 aliphatic heterocycles. The van der Waals surface area contributed by atoms with E-state index in [0.29, 0.717) is 12.8 Å². The zero-order chi connectivity index (χ0) is 13.5. The third-order valence-electron chi connectivity index (χ3n) is 2.60. The minimum Gasteiger partial charge on any atom is -0.465 e. The molecule has 0 aromatic rings. The van der Waals surface area contributed by atoms with Crippen LogP contribution in [0.4, 0.5) is 0 Å². The second-order valence-electron chi connectivity index (χ2n) is 3.50. The van der Waals surface area contributed by atoms with Gasteiger partial charge in [-0.05, 0) is 19.8 Å². The van der Waals surface area contributed by atoms with Crippen molar-refractivity contribution in [1.82, 2.24) is 0 Å². The summed E-state index contributed by atoms with van der Waals surface area (Å²) in [6.45, 7) is 5.25. The molecule has 6 heteroatoms. The van der Waals surface area contributed by atoms with E-state index >= 15 is 0 Å². The number of carbonyl (C=O) groups is 2. The second kappa shape index (κ2) is 7.77. The highest BCUT2D eigenvalue weighted by Crippen LogP contribution is 2.30. The highest BCUT2D eigenvalue weighted by atomic mass is 35.5. The van der Waals surface area contributed by atoms with Crippen molar-refractivity contribution in [2.75, 3.05) is 13.2 Å². The van der Waals surface area contributed by atoms with Crippen molar-refractivity contribution in [1.29, 1.82) is 0 Å². The number of halogens is 2. The summed E-state index contributed by atoms with van der Waals surface area (Å²) in [7, 11) is 0. The Morgan fingerprint density at radius 3 is 1.88 bits per heavy atom. The Bertz CT molecular complexity index is 262. The molecule has 0 N–H and O–H groups in total. The maximum absolute atomic E-state index is 11.9. The Morgan fingerprint density at radius 1 is 1.06 bits per heavy atom. The third kappa shape index (κ3) is 4.36. The van der Waals surface area contributed by atoms with Crippen LogP contribution in [0.5, 0.6) is 0 Å². The fourth-order valence-corrected chi connectivity index (χ4v) is 1.58. The van der Waals surface area contributed by atoms with E-state index in [1.165, 1.54) is 0 Å². The molecule has 0 saturated heterocycles. The molecule has 0 aliphatic rings. The lowest BCUT2D eigenvalue weighted by Gasteiger charge is -2.26. The van der Waals surface area contributed by atoms with Crippen LogP contribution in [-0.2, 0) is 19.1 Å². The monoisotopic (exact) mass is 284 g/mol. The molecule has 17 heavy (non-hydrogen) atoms. The van der Waals surface area contributed by atoms with Gasteiger partial charge in [-0.3, -0.25) is 9.59 Å². The van der Waals surface area contributed by atoms with Crippen molar-refractivity contribution in [3.8, 4) is 0 Å². The van der Waals surface area contributed by atoms with Gasteiger partial charge in [-0.25, -0.2) is 0 Å². The van der Waals surface area contributed by atoms with Gasteiger partial charge >= 0.3 is 11.9 Å². The highest BCUT2D eigenvalue weighted by Gasteiger charge is 2.45. The van der Waals surface area contributed by atoms with Crippen molar-refractivity contribution in [3.05, 3.63) is 0 Å². The maximum Gasteiger partial charge on any atom is 0.323 e. The third-order valence-corrected chi connectivity index (χ3v) is 2.86. The normalized spacial score (nSPS) is 11.4. The van der Waals surface area contributed by atoms with E-state index in [9.17, 15) is 9.59 Å². The van der Waals surface area contributed by atoms with Crippen molar-refractivity contribution in [3.63, 3.8) is 0 Å². The lowest BCUT2D eigenvalue weighted by molar-refractivity contribution is -0.172. The molecule has 0 aromatic heterocycles. The number of rotatable bonds is 7. The van der Waals surface area contributed by atoms with Crippen LogP contribution < -0.4 is 0 Å². The van der Waals surface area contributed by atoms with E-state index in [0.717, 1.165) is 0 Å². The molecular formula is C11H18Cl2O4. The average molecular weight is 285 g/mol. The molecular weight excluding hydrogens is 267 g/mol. The van der Waals surface area contributed by atoms with Gasteiger partial charge < -0.3 is 9.47 Å². The number of ether oxygens (including phenoxy) is 2. The Labute approximate surface area is 112 Å². The summed E-state index contributed by atoms with van der Waals surface area (Å²) in [6.07, 6.45) is 0.632. The molecule has 0 atom stereocenters. The minimum absolute atomic E-state index is 0.136. The van der Waals surface area contributed by atoms with Gasteiger partial charge in [-0.15, -0.1) is 23.2 Å². The SMILES string of the molecule is CCOC(=O)C(CC)(CC)C(=O)OCC(Cl)Cl. The van der Waals surface area contributed by atoms with E-state index < -0.39 is 22.2 Å². The van der Waals surface area contributed by atoms with E-state index in [1.807, 2.05) is 0 Å². The minimum atomic E-state index is -1.25. The lowest BCUT2D eigenvalue weighted by atomic mass is 9.82. The molecule has 0 spiro atoms. The molecule has 0 radical (unpaired) electrons. The zero-order valence-electron chi connectivity index (χ0n) is 10.3. The summed E-state index contributed by atoms with van der Waals surface area (Å²) in [4.78, 5) is 22.9. The van der Waals surface area contributed by atoms with Crippen LogP contribution in [0.25, 0.3) is 0 Å². The summed E-state index contributed by atoms with van der Waals surface area (Å²) in [5.41, 5.74) is -1.25. The van der Waals surface area contributed by atoms with Gasteiger partial charge in [0.05, 0.1) is 6.61 Å². The summed E-state index contributed by atoms with van der Waals surface area (Å²) >= 11 is 10.9. The highest BCUT2D eigenvalue weighted by molar-refractivity contribution is 6.44. The van der Waals surface area contributed by atoms with Gasteiger partial charge in [0, 0.05) is 0 Å². The van der Waals surface area contributed by atoms with E-state index in [1.54, 1.807) is 20.8 Å².